The van der Waals surface area contributed by atoms with Crippen molar-refractivity contribution in [3.63, 3.8) is 0 Å². The van der Waals surface area contributed by atoms with Crippen LogP contribution in [0.3, 0.4) is 0 Å². The number of alkyl halides is 2. The molecule has 0 unspecified atom stereocenters. The van der Waals surface area contributed by atoms with Gasteiger partial charge in [-0.3, -0.25) is 0 Å². The van der Waals surface area contributed by atoms with E-state index in [0.717, 1.165) is 5.56 Å². The fourth-order valence-corrected chi connectivity index (χ4v) is 3.46. The van der Waals surface area contributed by atoms with Crippen molar-refractivity contribution >= 4 is 50.7 Å². The molecule has 0 atom stereocenters. The molecule has 0 aliphatic heterocycles. The number of hydrogen-bond donors (Lipinski definition) is 0. The van der Waals surface area contributed by atoms with Crippen LogP contribution < -0.4 is 0 Å². The van der Waals surface area contributed by atoms with Crippen LogP contribution >= 0.6 is 50.7 Å². The molecule has 0 aliphatic carbocycles. The second-order valence-corrected chi connectivity index (χ2v) is 6.85. The van der Waals surface area contributed by atoms with Gasteiger partial charge in [0.05, 0.1) is 0 Å². The topological polar surface area (TPSA) is 0 Å². The second-order valence-electron chi connectivity index (χ2n) is 4.97. The van der Waals surface area contributed by atoms with Crippen LogP contribution in [-0.4, -0.2) is 11.8 Å². The van der Waals surface area contributed by atoms with Crippen LogP contribution in [0, 0.1) is 5.82 Å². The van der Waals surface area contributed by atoms with Gasteiger partial charge in [-0.15, -0.1) is 23.2 Å². The molecule has 21 heavy (non-hydrogen) atoms. The van der Waals surface area contributed by atoms with Crippen molar-refractivity contribution in [2.24, 2.45) is 0 Å². The summed E-state index contributed by atoms with van der Waals surface area (Å²) < 4.78 is 14.8. The molecule has 0 radical (unpaired) electrons. The number of halogens is 5. The second kappa shape index (κ2) is 7.32. The summed E-state index contributed by atoms with van der Waals surface area (Å²) in [4.78, 5) is 0. The molecule has 2 aromatic rings. The highest BCUT2D eigenvalue weighted by Crippen LogP contribution is 2.33. The van der Waals surface area contributed by atoms with Crippen molar-refractivity contribution in [3.8, 4) is 0 Å². The van der Waals surface area contributed by atoms with Gasteiger partial charge in [0.2, 0.25) is 0 Å². The number of hydrogen-bond acceptors (Lipinski definition) is 0. The van der Waals surface area contributed by atoms with Crippen molar-refractivity contribution in [2.75, 3.05) is 11.8 Å². The predicted octanol–water partition coefficient (Wildman–Crippen LogP) is 6.20. The molecule has 0 amide bonds. The molecule has 0 aromatic heterocycles. The van der Waals surface area contributed by atoms with E-state index in [1.54, 1.807) is 18.2 Å². The van der Waals surface area contributed by atoms with Gasteiger partial charge in [-0.2, -0.15) is 0 Å². The molecule has 2 rings (SSSR count). The third-order valence-corrected chi connectivity index (χ3v) is 5.28. The van der Waals surface area contributed by atoms with Crippen LogP contribution in [0.2, 0.25) is 5.02 Å². The van der Waals surface area contributed by atoms with E-state index in [1.165, 1.54) is 6.07 Å². The quantitative estimate of drug-likeness (QED) is 0.515. The van der Waals surface area contributed by atoms with E-state index in [-0.39, 0.29) is 5.82 Å². The van der Waals surface area contributed by atoms with Gasteiger partial charge in [0.1, 0.15) is 5.82 Å². The normalized spacial score (nSPS) is 11.7. The summed E-state index contributed by atoms with van der Waals surface area (Å²) in [6.45, 7) is 0. The van der Waals surface area contributed by atoms with Crippen molar-refractivity contribution in [2.45, 2.75) is 11.8 Å². The summed E-state index contributed by atoms with van der Waals surface area (Å²) in [6.07, 6.45) is 0.431. The van der Waals surface area contributed by atoms with E-state index < -0.39 is 5.41 Å². The first-order chi connectivity index (χ1) is 10.0. The standard InChI is InChI=1S/C16H13BrCl3F/c17-13-4-1-11(15(21)7-13)8-16(9-18,10-19)12-2-5-14(20)6-3-12/h1-7H,8-10H2. The molecule has 0 N–H and O–H groups in total. The van der Waals surface area contributed by atoms with Gasteiger partial charge in [-0.05, 0) is 41.8 Å². The molecule has 0 nitrogen and oxygen atoms in total. The van der Waals surface area contributed by atoms with Gasteiger partial charge in [0.15, 0.2) is 0 Å². The van der Waals surface area contributed by atoms with Crippen LogP contribution in [0.5, 0.6) is 0 Å². The van der Waals surface area contributed by atoms with E-state index in [1.807, 2.05) is 18.2 Å². The molecule has 0 bridgehead atoms. The minimum Gasteiger partial charge on any atom is -0.207 e. The Morgan fingerprint density at radius 1 is 1.00 bits per heavy atom. The Morgan fingerprint density at radius 2 is 1.62 bits per heavy atom. The van der Waals surface area contributed by atoms with Crippen LogP contribution in [0.15, 0.2) is 46.9 Å². The number of rotatable bonds is 5. The van der Waals surface area contributed by atoms with Crippen molar-refractivity contribution in [1.82, 2.24) is 0 Å². The first-order valence-electron chi connectivity index (χ1n) is 6.33. The maximum atomic E-state index is 14.1. The smallest absolute Gasteiger partial charge is 0.127 e. The van der Waals surface area contributed by atoms with E-state index in [9.17, 15) is 4.39 Å². The van der Waals surface area contributed by atoms with E-state index in [4.69, 9.17) is 34.8 Å². The third-order valence-electron chi connectivity index (χ3n) is 3.51. The lowest BCUT2D eigenvalue weighted by molar-refractivity contribution is 0.512. The Balaban J connectivity index is 2.40. The molecule has 2 aromatic carbocycles. The van der Waals surface area contributed by atoms with Gasteiger partial charge in [0.25, 0.3) is 0 Å². The molecule has 0 fully saturated rings. The fraction of sp³-hybridized carbons (Fsp3) is 0.250. The summed E-state index contributed by atoms with van der Waals surface area (Å²) in [6, 6.07) is 12.4. The zero-order valence-electron chi connectivity index (χ0n) is 11.1. The SMILES string of the molecule is Fc1cc(Br)ccc1CC(CCl)(CCl)c1ccc(Cl)cc1. The molecule has 112 valence electrons. The Labute approximate surface area is 147 Å². The Morgan fingerprint density at radius 3 is 2.14 bits per heavy atom. The van der Waals surface area contributed by atoms with Gasteiger partial charge in [-0.25, -0.2) is 4.39 Å². The summed E-state index contributed by atoms with van der Waals surface area (Å²) in [5, 5.41) is 0.645. The summed E-state index contributed by atoms with van der Waals surface area (Å²) >= 11 is 21.5. The maximum Gasteiger partial charge on any atom is 0.127 e. The van der Waals surface area contributed by atoms with E-state index in [2.05, 4.69) is 15.9 Å². The number of benzene rings is 2. The molecule has 0 heterocycles. The molecular weight excluding hydrogens is 397 g/mol. The first kappa shape index (κ1) is 17.1. The average Bonchev–Trinajstić information content (AvgIpc) is 2.48. The minimum absolute atomic E-state index is 0.266. The lowest BCUT2D eigenvalue weighted by atomic mass is 9.78. The molecule has 5 heteroatoms. The highest BCUT2D eigenvalue weighted by atomic mass is 79.9. The molecule has 0 saturated heterocycles. The lowest BCUT2D eigenvalue weighted by Crippen LogP contribution is -2.33. The fourth-order valence-electron chi connectivity index (χ4n) is 2.22. The van der Waals surface area contributed by atoms with E-state index >= 15 is 0 Å². The first-order valence-corrected chi connectivity index (χ1v) is 8.57. The van der Waals surface area contributed by atoms with Gasteiger partial charge in [-0.1, -0.05) is 45.7 Å². The molecular formula is C16H13BrCl3F. The zero-order valence-corrected chi connectivity index (χ0v) is 14.9. The Kier molecular flexibility index (Phi) is 5.96. The minimum atomic E-state index is -0.525. The molecule has 0 aliphatic rings. The van der Waals surface area contributed by atoms with Crippen LogP contribution in [0.4, 0.5) is 4.39 Å². The van der Waals surface area contributed by atoms with Crippen LogP contribution in [0.1, 0.15) is 11.1 Å². The largest absolute Gasteiger partial charge is 0.207 e. The predicted molar refractivity (Wildman–Crippen MR) is 92.4 cm³/mol. The summed E-state index contributed by atoms with van der Waals surface area (Å²) in [5.74, 6) is 0.333. The summed E-state index contributed by atoms with van der Waals surface area (Å²) in [5.41, 5.74) is 1.02. The van der Waals surface area contributed by atoms with Gasteiger partial charge < -0.3 is 0 Å². The molecule has 0 saturated carbocycles. The van der Waals surface area contributed by atoms with Crippen molar-refractivity contribution in [3.05, 3.63) is 68.9 Å². The maximum absolute atomic E-state index is 14.1. The Hall–Kier alpha value is -0.280. The summed E-state index contributed by atoms with van der Waals surface area (Å²) in [7, 11) is 0. The van der Waals surface area contributed by atoms with Crippen LogP contribution in [-0.2, 0) is 11.8 Å². The third kappa shape index (κ3) is 3.92. The highest BCUT2D eigenvalue weighted by Gasteiger charge is 2.32. The van der Waals surface area contributed by atoms with Crippen molar-refractivity contribution < 1.29 is 4.39 Å². The Bertz CT molecular complexity index is 609. The van der Waals surface area contributed by atoms with Gasteiger partial charge >= 0.3 is 0 Å². The zero-order chi connectivity index (χ0) is 15.5. The monoisotopic (exact) mass is 408 g/mol. The lowest BCUT2D eigenvalue weighted by Gasteiger charge is -2.30. The highest BCUT2D eigenvalue weighted by molar-refractivity contribution is 9.10. The average molecular weight is 411 g/mol. The molecule has 0 spiro atoms. The van der Waals surface area contributed by atoms with Crippen LogP contribution in [0.25, 0.3) is 0 Å². The van der Waals surface area contributed by atoms with E-state index in [0.29, 0.717) is 33.2 Å². The van der Waals surface area contributed by atoms with Gasteiger partial charge in [0, 0.05) is 26.7 Å². The van der Waals surface area contributed by atoms with Crippen molar-refractivity contribution in [1.29, 1.82) is 0 Å².